The van der Waals surface area contributed by atoms with Crippen LogP contribution in [0.5, 0.6) is 0 Å². The number of anilines is 1. The maximum absolute atomic E-state index is 12.8. The summed E-state index contributed by atoms with van der Waals surface area (Å²) in [5.41, 5.74) is 4.18. The number of aromatic nitrogens is 3. The van der Waals surface area contributed by atoms with Crippen molar-refractivity contribution >= 4 is 18.9 Å². The summed E-state index contributed by atoms with van der Waals surface area (Å²) in [4.78, 5) is 4.70. The third kappa shape index (κ3) is 6.26. The quantitative estimate of drug-likeness (QED) is 0.0881. The molecule has 0 amide bonds. The lowest BCUT2D eigenvalue weighted by molar-refractivity contribution is 0.123. The molecule has 3 aromatic carbocycles. The molecule has 0 atom stereocenters. The van der Waals surface area contributed by atoms with Gasteiger partial charge in [-0.25, -0.2) is 9.50 Å². The number of nitrogens with one attached hydrogen (secondary N) is 1. The van der Waals surface area contributed by atoms with Gasteiger partial charge in [-0.1, -0.05) is 91.0 Å². The van der Waals surface area contributed by atoms with E-state index in [2.05, 4.69) is 83.2 Å². The lowest BCUT2D eigenvalue weighted by Gasteiger charge is -2.37. The van der Waals surface area contributed by atoms with Gasteiger partial charge in [-0.3, -0.25) is 4.57 Å². The molecule has 5 aromatic rings. The Kier molecular flexibility index (Phi) is 9.27. The first-order chi connectivity index (χ1) is 20.1. The Hall–Kier alpha value is -3.81. The average Bonchev–Trinajstić information content (AvgIpc) is 3.43. The SMILES string of the molecule is CCOP(=O)(CCOCc1ccc2c(NC(c3ccccc3)(c3ccccc3)c3ccccc3)ncnn12)OCC. The molecule has 212 valence electrons. The van der Waals surface area contributed by atoms with Crippen molar-refractivity contribution in [3.8, 4) is 0 Å². The monoisotopic (exact) mass is 570 g/mol. The molecule has 0 fully saturated rings. The fourth-order valence-electron chi connectivity index (χ4n) is 5.06. The number of fused-ring (bicyclic) bond motifs is 1. The molecular formula is C32H35N4O4P. The highest BCUT2D eigenvalue weighted by Gasteiger charge is 2.37. The van der Waals surface area contributed by atoms with Crippen LogP contribution in [0.2, 0.25) is 0 Å². The summed E-state index contributed by atoms with van der Waals surface area (Å²) in [5.74, 6) is 0.681. The van der Waals surface area contributed by atoms with Crippen LogP contribution in [-0.2, 0) is 30.5 Å². The molecular weight excluding hydrogens is 535 g/mol. The Bertz CT molecular complexity index is 1470. The number of hydrogen-bond donors (Lipinski definition) is 1. The molecule has 9 heteroatoms. The van der Waals surface area contributed by atoms with Crippen LogP contribution in [0.15, 0.2) is 109 Å². The molecule has 2 aromatic heterocycles. The summed E-state index contributed by atoms with van der Waals surface area (Å²) in [6, 6.07) is 35.1. The van der Waals surface area contributed by atoms with Gasteiger partial charge in [0, 0.05) is 0 Å². The van der Waals surface area contributed by atoms with Gasteiger partial charge in [0.05, 0.1) is 38.3 Å². The Morgan fingerprint density at radius 1 is 0.780 bits per heavy atom. The summed E-state index contributed by atoms with van der Waals surface area (Å²) in [7, 11) is -3.16. The summed E-state index contributed by atoms with van der Waals surface area (Å²) in [6.07, 6.45) is 1.73. The van der Waals surface area contributed by atoms with Crippen LogP contribution >= 0.6 is 7.60 Å². The van der Waals surface area contributed by atoms with Crippen molar-refractivity contribution in [3.05, 3.63) is 132 Å². The van der Waals surface area contributed by atoms with Gasteiger partial charge in [0.1, 0.15) is 17.4 Å². The molecule has 0 saturated carbocycles. The summed E-state index contributed by atoms with van der Waals surface area (Å²) in [5, 5.41) is 8.35. The molecule has 0 spiro atoms. The van der Waals surface area contributed by atoms with Gasteiger partial charge >= 0.3 is 7.60 Å². The highest BCUT2D eigenvalue weighted by atomic mass is 31.2. The molecule has 2 heterocycles. The Labute approximate surface area is 240 Å². The molecule has 0 saturated heterocycles. The first-order valence-electron chi connectivity index (χ1n) is 13.8. The Morgan fingerprint density at radius 3 is 1.83 bits per heavy atom. The standard InChI is InChI=1S/C32H35N4O4P/c1-3-39-41(37,40-4-2)23-22-38-24-29-20-21-30-31(33-25-34-36(29)30)35-32(26-14-8-5-9-15-26,27-16-10-6-11-17-27)28-18-12-7-13-19-28/h5-21,25H,3-4,22-24H2,1-2H3,(H,33,34,35). The second-order valence-electron chi connectivity index (χ2n) is 9.43. The molecule has 1 N–H and O–H groups in total. The molecule has 8 nitrogen and oxygen atoms in total. The van der Waals surface area contributed by atoms with E-state index in [1.165, 1.54) is 0 Å². The maximum atomic E-state index is 12.8. The molecule has 0 aliphatic rings. The van der Waals surface area contributed by atoms with Crippen LogP contribution < -0.4 is 5.32 Å². The van der Waals surface area contributed by atoms with E-state index in [1.54, 1.807) is 20.2 Å². The minimum atomic E-state index is -3.16. The topological polar surface area (TPSA) is 87.0 Å². The minimum absolute atomic E-state index is 0.188. The van der Waals surface area contributed by atoms with E-state index in [0.29, 0.717) is 19.0 Å². The molecule has 5 rings (SSSR count). The number of nitrogens with zero attached hydrogens (tertiary/aromatic N) is 3. The predicted octanol–water partition coefficient (Wildman–Crippen LogP) is 6.92. The van der Waals surface area contributed by atoms with Gasteiger partial charge in [-0.2, -0.15) is 5.10 Å². The van der Waals surface area contributed by atoms with E-state index in [0.717, 1.165) is 27.9 Å². The highest BCUT2D eigenvalue weighted by molar-refractivity contribution is 7.53. The van der Waals surface area contributed by atoms with Crippen molar-refractivity contribution in [1.29, 1.82) is 0 Å². The lowest BCUT2D eigenvalue weighted by atomic mass is 9.77. The van der Waals surface area contributed by atoms with Gasteiger partial charge in [0.25, 0.3) is 0 Å². The van der Waals surface area contributed by atoms with Crippen molar-refractivity contribution in [1.82, 2.24) is 14.6 Å². The Morgan fingerprint density at radius 2 is 1.32 bits per heavy atom. The van der Waals surface area contributed by atoms with Crippen molar-refractivity contribution in [2.45, 2.75) is 26.0 Å². The molecule has 0 radical (unpaired) electrons. The van der Waals surface area contributed by atoms with Crippen LogP contribution in [0.25, 0.3) is 5.52 Å². The van der Waals surface area contributed by atoms with E-state index in [-0.39, 0.29) is 19.4 Å². The van der Waals surface area contributed by atoms with Crippen molar-refractivity contribution in [2.75, 3.05) is 31.3 Å². The summed E-state index contributed by atoms with van der Waals surface area (Å²) >= 11 is 0. The molecule has 0 aliphatic carbocycles. The molecule has 0 unspecified atom stereocenters. The van der Waals surface area contributed by atoms with Crippen LogP contribution in [0.1, 0.15) is 36.2 Å². The second kappa shape index (κ2) is 13.2. The van der Waals surface area contributed by atoms with Gasteiger partial charge in [0.2, 0.25) is 0 Å². The van der Waals surface area contributed by atoms with E-state index in [9.17, 15) is 4.57 Å². The third-order valence-corrected chi connectivity index (χ3v) is 8.90. The van der Waals surface area contributed by atoms with Crippen molar-refractivity contribution in [2.24, 2.45) is 0 Å². The zero-order chi connectivity index (χ0) is 28.5. The zero-order valence-corrected chi connectivity index (χ0v) is 24.2. The first kappa shape index (κ1) is 28.7. The Balaban J connectivity index is 1.48. The van der Waals surface area contributed by atoms with Gasteiger partial charge < -0.3 is 19.1 Å². The van der Waals surface area contributed by atoms with Crippen LogP contribution in [0, 0.1) is 0 Å². The fourth-order valence-corrected chi connectivity index (χ4v) is 6.54. The smallest absolute Gasteiger partial charge is 0.332 e. The molecule has 0 aliphatic heterocycles. The van der Waals surface area contributed by atoms with E-state index < -0.39 is 13.1 Å². The lowest BCUT2D eigenvalue weighted by Crippen LogP contribution is -2.38. The number of ether oxygens (including phenoxy) is 1. The van der Waals surface area contributed by atoms with Gasteiger partial charge in [0.15, 0.2) is 5.82 Å². The van der Waals surface area contributed by atoms with Crippen molar-refractivity contribution in [3.63, 3.8) is 0 Å². The third-order valence-electron chi connectivity index (χ3n) is 6.87. The summed E-state index contributed by atoms with van der Waals surface area (Å²) in [6.45, 7) is 4.76. The number of hydrogen-bond acceptors (Lipinski definition) is 7. The molecule has 0 bridgehead atoms. The largest absolute Gasteiger partial charge is 0.374 e. The van der Waals surface area contributed by atoms with E-state index in [4.69, 9.17) is 18.8 Å². The number of rotatable bonds is 14. The van der Waals surface area contributed by atoms with Crippen LogP contribution in [-0.4, -0.2) is 40.6 Å². The van der Waals surface area contributed by atoms with Gasteiger partial charge in [-0.05, 0) is 42.7 Å². The fraction of sp³-hybridized carbons (Fsp3) is 0.250. The first-order valence-corrected chi connectivity index (χ1v) is 15.5. The number of benzene rings is 3. The molecule has 41 heavy (non-hydrogen) atoms. The summed E-state index contributed by atoms with van der Waals surface area (Å²) < 4.78 is 31.2. The van der Waals surface area contributed by atoms with Crippen LogP contribution in [0.3, 0.4) is 0 Å². The van der Waals surface area contributed by atoms with E-state index in [1.807, 2.05) is 34.8 Å². The predicted molar refractivity (Wildman–Crippen MR) is 161 cm³/mol. The van der Waals surface area contributed by atoms with Crippen LogP contribution in [0.4, 0.5) is 5.82 Å². The zero-order valence-electron chi connectivity index (χ0n) is 23.3. The highest BCUT2D eigenvalue weighted by Crippen LogP contribution is 2.47. The average molecular weight is 571 g/mol. The van der Waals surface area contributed by atoms with Gasteiger partial charge in [-0.15, -0.1) is 0 Å². The second-order valence-corrected chi connectivity index (χ2v) is 11.6. The van der Waals surface area contributed by atoms with Crippen molar-refractivity contribution < 1.29 is 18.3 Å². The maximum Gasteiger partial charge on any atom is 0.332 e. The normalized spacial score (nSPS) is 12.0. The minimum Gasteiger partial charge on any atom is -0.374 e. The van der Waals surface area contributed by atoms with E-state index >= 15 is 0 Å².